The molecule has 326 valence electrons. The number of phosphoric acid groups is 1. The number of likely N-dealkylation sites (N-methyl/N-ethyl adjacent to an activating group) is 1. The van der Waals surface area contributed by atoms with E-state index in [1.165, 1.54) is 148 Å². The van der Waals surface area contributed by atoms with Crippen LogP contribution in [0, 0.1) is 0 Å². The van der Waals surface area contributed by atoms with Gasteiger partial charge >= 0.3 is 13.8 Å². The van der Waals surface area contributed by atoms with E-state index in [-0.39, 0.29) is 25.8 Å². The minimum atomic E-state index is -4.27. The highest BCUT2D eigenvalue weighted by molar-refractivity contribution is 7.47. The third-order valence-electron chi connectivity index (χ3n) is 10.0. The predicted octanol–water partition coefficient (Wildman–Crippen LogP) is 13.6. The van der Waals surface area contributed by atoms with Crippen LogP contribution in [0.4, 0.5) is 0 Å². The third kappa shape index (κ3) is 43.9. The van der Waals surface area contributed by atoms with Crippen molar-refractivity contribution in [3.05, 3.63) is 24.3 Å². The maximum Gasteiger partial charge on any atom is 0.472 e. The molecule has 0 saturated heterocycles. The minimum Gasteiger partial charge on any atom is -0.457 e. The highest BCUT2D eigenvalue weighted by Gasteiger charge is 2.26. The number of nitrogens with zero attached hydrogens (tertiary/aromatic N) is 1. The molecular weight excluding hydrogens is 709 g/mol. The first-order valence-corrected chi connectivity index (χ1v) is 24.6. The molecule has 2 atom stereocenters. The van der Waals surface area contributed by atoms with Crippen LogP contribution in [0.15, 0.2) is 24.3 Å². The smallest absolute Gasteiger partial charge is 0.457 e. The van der Waals surface area contributed by atoms with Crippen LogP contribution in [0.5, 0.6) is 0 Å². The van der Waals surface area contributed by atoms with Gasteiger partial charge in [-0.2, -0.15) is 0 Å². The van der Waals surface area contributed by atoms with Crippen LogP contribution in [0.25, 0.3) is 0 Å². The molecule has 0 aliphatic carbocycles. The molecule has 0 radical (unpaired) electrons. The molecule has 8 nitrogen and oxygen atoms in total. The van der Waals surface area contributed by atoms with Crippen LogP contribution in [0.1, 0.15) is 206 Å². The molecule has 0 amide bonds. The zero-order chi connectivity index (χ0) is 40.6. The van der Waals surface area contributed by atoms with Crippen molar-refractivity contribution < 1.29 is 37.3 Å². The van der Waals surface area contributed by atoms with E-state index in [9.17, 15) is 14.3 Å². The number of unbranched alkanes of at least 4 members (excludes halogenated alkanes) is 25. The van der Waals surface area contributed by atoms with Crippen molar-refractivity contribution in [2.24, 2.45) is 0 Å². The topological polar surface area (TPSA) is 91.3 Å². The standard InChI is InChI=1S/C46H90NO7P/c1-6-8-10-12-14-16-18-19-20-21-22-23-24-25-26-27-28-29-30-31-33-35-37-39-46(48)54-45(44-53-55(49,50)52-42-40-47(3,4)5)43-51-41-38-36-34-32-17-15-13-11-9-7-2/h18-19,21-22,45H,6-17,20,23-44H2,1-5H3/p+1/b19-18-,22-21-. The van der Waals surface area contributed by atoms with Gasteiger partial charge in [0.25, 0.3) is 0 Å². The van der Waals surface area contributed by atoms with Gasteiger partial charge in [-0.3, -0.25) is 13.8 Å². The van der Waals surface area contributed by atoms with E-state index in [1.807, 2.05) is 21.1 Å². The number of quaternary nitrogens is 1. The van der Waals surface area contributed by atoms with Crippen LogP contribution in [0.3, 0.4) is 0 Å². The number of esters is 1. The number of rotatable bonds is 43. The Morgan fingerprint density at radius 3 is 1.47 bits per heavy atom. The van der Waals surface area contributed by atoms with Gasteiger partial charge in [-0.05, 0) is 44.9 Å². The monoisotopic (exact) mass is 801 g/mol. The Morgan fingerprint density at radius 1 is 0.564 bits per heavy atom. The number of ether oxygens (including phenoxy) is 2. The van der Waals surface area contributed by atoms with Gasteiger partial charge in [-0.15, -0.1) is 0 Å². The highest BCUT2D eigenvalue weighted by atomic mass is 31.2. The first kappa shape index (κ1) is 54.0. The molecule has 0 spiro atoms. The SMILES string of the molecule is CCCCCCC/C=C\C/C=C\CCCCCCCCCCCCCC(=O)OC(COCCCCCCCCCCCC)COP(=O)(O)OCC[N+](C)(C)C. The van der Waals surface area contributed by atoms with Gasteiger partial charge in [0.1, 0.15) is 19.3 Å². The quantitative estimate of drug-likeness (QED) is 0.0216. The summed E-state index contributed by atoms with van der Waals surface area (Å²) in [7, 11) is 1.67. The molecule has 0 saturated carbocycles. The van der Waals surface area contributed by atoms with Crippen molar-refractivity contribution in [2.75, 3.05) is 54.1 Å². The summed E-state index contributed by atoms with van der Waals surface area (Å²) in [6, 6.07) is 0. The molecule has 0 heterocycles. The number of phosphoric ester groups is 1. The molecule has 0 rings (SSSR count). The number of allylic oxidation sites excluding steroid dienone is 4. The summed E-state index contributed by atoms with van der Waals surface area (Å²) >= 11 is 0. The van der Waals surface area contributed by atoms with E-state index in [4.69, 9.17) is 18.5 Å². The number of carbonyl (C=O) groups is 1. The highest BCUT2D eigenvalue weighted by Crippen LogP contribution is 2.43. The number of hydrogen-bond donors (Lipinski definition) is 1. The average molecular weight is 801 g/mol. The van der Waals surface area contributed by atoms with Gasteiger partial charge in [0.2, 0.25) is 0 Å². The predicted molar refractivity (Wildman–Crippen MR) is 233 cm³/mol. The summed E-state index contributed by atoms with van der Waals surface area (Å²) in [5.41, 5.74) is 0. The first-order chi connectivity index (χ1) is 26.6. The Morgan fingerprint density at radius 2 is 1.00 bits per heavy atom. The second-order valence-electron chi connectivity index (χ2n) is 16.8. The van der Waals surface area contributed by atoms with Crippen LogP contribution >= 0.6 is 7.82 Å². The largest absolute Gasteiger partial charge is 0.472 e. The lowest BCUT2D eigenvalue weighted by molar-refractivity contribution is -0.870. The molecule has 1 N–H and O–H groups in total. The average Bonchev–Trinajstić information content (AvgIpc) is 3.13. The Hall–Kier alpha value is -1.02. The molecule has 0 aromatic carbocycles. The van der Waals surface area contributed by atoms with E-state index in [2.05, 4.69) is 38.2 Å². The lowest BCUT2D eigenvalue weighted by atomic mass is 10.0. The van der Waals surface area contributed by atoms with Crippen molar-refractivity contribution in [1.82, 2.24) is 0 Å². The molecule has 0 aliphatic rings. The van der Waals surface area contributed by atoms with E-state index >= 15 is 0 Å². The van der Waals surface area contributed by atoms with Crippen LogP contribution < -0.4 is 0 Å². The van der Waals surface area contributed by atoms with Gasteiger partial charge in [-0.25, -0.2) is 4.57 Å². The van der Waals surface area contributed by atoms with E-state index in [0.29, 0.717) is 24.1 Å². The van der Waals surface area contributed by atoms with Crippen molar-refractivity contribution in [3.8, 4) is 0 Å². The summed E-state index contributed by atoms with van der Waals surface area (Å²) in [5, 5.41) is 0. The Balaban J connectivity index is 4.09. The second kappa shape index (κ2) is 39.8. The van der Waals surface area contributed by atoms with Crippen molar-refractivity contribution in [2.45, 2.75) is 213 Å². The van der Waals surface area contributed by atoms with E-state index in [1.54, 1.807) is 0 Å². The van der Waals surface area contributed by atoms with Gasteiger partial charge in [-0.1, -0.05) is 179 Å². The van der Waals surface area contributed by atoms with Crippen molar-refractivity contribution in [3.63, 3.8) is 0 Å². The minimum absolute atomic E-state index is 0.0902. The third-order valence-corrected chi connectivity index (χ3v) is 11.0. The molecule has 55 heavy (non-hydrogen) atoms. The summed E-state index contributed by atoms with van der Waals surface area (Å²) < 4.78 is 35.0. The summed E-state index contributed by atoms with van der Waals surface area (Å²) in [6.07, 6.45) is 45.0. The maximum absolute atomic E-state index is 12.7. The molecule has 2 unspecified atom stereocenters. The second-order valence-corrected chi connectivity index (χ2v) is 18.2. The molecule has 9 heteroatoms. The number of carbonyl (C=O) groups excluding carboxylic acids is 1. The fourth-order valence-electron chi connectivity index (χ4n) is 6.41. The fraction of sp³-hybridized carbons (Fsp3) is 0.891. The fourth-order valence-corrected chi connectivity index (χ4v) is 7.15. The molecule has 0 bridgehead atoms. The van der Waals surface area contributed by atoms with Gasteiger partial charge in [0.15, 0.2) is 0 Å². The number of hydrogen-bond acceptors (Lipinski definition) is 6. The van der Waals surface area contributed by atoms with Crippen LogP contribution in [-0.2, 0) is 27.9 Å². The molecule has 0 aromatic rings. The van der Waals surface area contributed by atoms with Gasteiger partial charge < -0.3 is 18.9 Å². The Labute approximate surface area is 341 Å². The van der Waals surface area contributed by atoms with Crippen molar-refractivity contribution in [1.29, 1.82) is 0 Å². The molecular formula is C46H91NO7P+. The zero-order valence-electron chi connectivity index (χ0n) is 36.9. The maximum atomic E-state index is 12.7. The van der Waals surface area contributed by atoms with Crippen LogP contribution in [-0.4, -0.2) is 75.6 Å². The summed E-state index contributed by atoms with van der Waals surface area (Å²) in [5.74, 6) is -0.314. The van der Waals surface area contributed by atoms with E-state index in [0.717, 1.165) is 38.5 Å². The van der Waals surface area contributed by atoms with E-state index < -0.39 is 13.9 Å². The summed E-state index contributed by atoms with van der Waals surface area (Å²) in [4.78, 5) is 22.9. The van der Waals surface area contributed by atoms with Crippen molar-refractivity contribution >= 4 is 13.8 Å². The van der Waals surface area contributed by atoms with Gasteiger partial charge in [0.05, 0.1) is 34.4 Å². The normalized spacial score (nSPS) is 13.9. The molecule has 0 fully saturated rings. The Kier molecular flexibility index (Phi) is 39.1. The Bertz CT molecular complexity index is 936. The van der Waals surface area contributed by atoms with Gasteiger partial charge in [0, 0.05) is 13.0 Å². The molecule has 0 aromatic heterocycles. The van der Waals surface area contributed by atoms with Crippen LogP contribution in [0.2, 0.25) is 0 Å². The summed E-state index contributed by atoms with van der Waals surface area (Å²) in [6.45, 7) is 5.63. The lowest BCUT2D eigenvalue weighted by Crippen LogP contribution is -2.37. The first-order valence-electron chi connectivity index (χ1n) is 23.1. The zero-order valence-corrected chi connectivity index (χ0v) is 37.8. The molecule has 0 aliphatic heterocycles. The lowest BCUT2D eigenvalue weighted by Gasteiger charge is -2.24.